The highest BCUT2D eigenvalue weighted by Gasteiger charge is 2.12. The molecule has 1 amide bonds. The van der Waals surface area contributed by atoms with Gasteiger partial charge in [-0.15, -0.1) is 0 Å². The van der Waals surface area contributed by atoms with Crippen molar-refractivity contribution in [3.8, 4) is 0 Å². The molecule has 0 saturated carbocycles. The summed E-state index contributed by atoms with van der Waals surface area (Å²) in [5.41, 5.74) is 2.94. The topological polar surface area (TPSA) is 69.0 Å². The summed E-state index contributed by atoms with van der Waals surface area (Å²) in [4.78, 5) is 30.5. The number of H-pyrrole nitrogens is 2. The molecule has 0 aliphatic heterocycles. The zero-order valence-corrected chi connectivity index (χ0v) is 11.6. The minimum atomic E-state index is -0.241. The minimum Gasteiger partial charge on any atom is -0.315 e. The van der Waals surface area contributed by atoms with Crippen LogP contribution in [-0.2, 0) is 11.2 Å². The number of fused-ring (bicyclic) bond motifs is 1. The van der Waals surface area contributed by atoms with E-state index >= 15 is 0 Å². The number of benzene rings is 2. The number of carbonyl (C=O) groups is 1. The number of nitrogens with one attached hydrogen (secondary N) is 2. The van der Waals surface area contributed by atoms with Crippen molar-refractivity contribution in [3.63, 3.8) is 0 Å². The summed E-state index contributed by atoms with van der Waals surface area (Å²) in [5.74, 6) is -0.00145. The van der Waals surface area contributed by atoms with Gasteiger partial charge in [0, 0.05) is 12.7 Å². The second kappa shape index (κ2) is 5.28. The lowest BCUT2D eigenvalue weighted by Crippen LogP contribution is -2.27. The Balaban J connectivity index is 1.81. The molecule has 106 valence electrons. The van der Waals surface area contributed by atoms with Crippen molar-refractivity contribution in [3.05, 3.63) is 64.6 Å². The summed E-state index contributed by atoms with van der Waals surface area (Å²) in [5, 5.41) is 0. The van der Waals surface area contributed by atoms with Crippen LogP contribution in [0.15, 0.2) is 53.3 Å². The van der Waals surface area contributed by atoms with Gasteiger partial charge >= 0.3 is 5.69 Å². The number of nitrogens with zero attached hydrogens (tertiary/aromatic N) is 1. The van der Waals surface area contributed by atoms with Gasteiger partial charge in [0.1, 0.15) is 0 Å². The highest BCUT2D eigenvalue weighted by Crippen LogP contribution is 2.15. The van der Waals surface area contributed by atoms with Gasteiger partial charge in [-0.05, 0) is 29.8 Å². The molecule has 0 unspecified atom stereocenters. The lowest BCUT2D eigenvalue weighted by molar-refractivity contribution is -0.117. The summed E-state index contributed by atoms with van der Waals surface area (Å²) in [6.45, 7) is 0. The number of aromatic nitrogens is 2. The van der Waals surface area contributed by atoms with Crippen LogP contribution in [0.1, 0.15) is 5.56 Å². The molecule has 0 fully saturated rings. The molecule has 2 N–H and O–H groups in total. The molecule has 1 heterocycles. The van der Waals surface area contributed by atoms with Crippen molar-refractivity contribution in [1.29, 1.82) is 0 Å². The average molecular weight is 281 g/mol. The Morgan fingerprint density at radius 2 is 1.76 bits per heavy atom. The molecule has 3 aromatic rings. The van der Waals surface area contributed by atoms with Gasteiger partial charge < -0.3 is 14.9 Å². The van der Waals surface area contributed by atoms with Crippen molar-refractivity contribution in [2.24, 2.45) is 0 Å². The van der Waals surface area contributed by atoms with Gasteiger partial charge in [-0.2, -0.15) is 0 Å². The van der Waals surface area contributed by atoms with E-state index in [9.17, 15) is 9.59 Å². The molecule has 0 radical (unpaired) electrons. The molecule has 3 rings (SSSR count). The van der Waals surface area contributed by atoms with Gasteiger partial charge in [0.2, 0.25) is 5.91 Å². The van der Waals surface area contributed by atoms with E-state index < -0.39 is 0 Å². The number of aromatic amines is 2. The van der Waals surface area contributed by atoms with Crippen LogP contribution in [0.5, 0.6) is 0 Å². The Kier molecular flexibility index (Phi) is 3.31. The Morgan fingerprint density at radius 3 is 2.52 bits per heavy atom. The predicted molar refractivity (Wildman–Crippen MR) is 82.5 cm³/mol. The van der Waals surface area contributed by atoms with Crippen molar-refractivity contribution in [2.75, 3.05) is 11.9 Å². The number of likely N-dealkylation sites (N-methyl/N-ethyl adjacent to an activating group) is 1. The molecular formula is C16H15N3O2. The fourth-order valence-electron chi connectivity index (χ4n) is 2.28. The first-order chi connectivity index (χ1) is 10.1. The van der Waals surface area contributed by atoms with E-state index in [2.05, 4.69) is 9.97 Å². The zero-order chi connectivity index (χ0) is 14.8. The molecule has 21 heavy (non-hydrogen) atoms. The first-order valence-electron chi connectivity index (χ1n) is 6.66. The Bertz CT molecular complexity index is 833. The fourth-order valence-corrected chi connectivity index (χ4v) is 2.28. The van der Waals surface area contributed by atoms with E-state index in [1.165, 1.54) is 0 Å². The van der Waals surface area contributed by atoms with Gasteiger partial charge in [-0.25, -0.2) is 4.79 Å². The van der Waals surface area contributed by atoms with Crippen LogP contribution in [0.2, 0.25) is 0 Å². The fraction of sp³-hybridized carbons (Fsp3) is 0.125. The van der Waals surface area contributed by atoms with E-state index in [-0.39, 0.29) is 18.0 Å². The van der Waals surface area contributed by atoms with Crippen LogP contribution in [0, 0.1) is 0 Å². The maximum atomic E-state index is 12.3. The van der Waals surface area contributed by atoms with E-state index in [1.807, 2.05) is 42.5 Å². The third kappa shape index (κ3) is 2.72. The monoisotopic (exact) mass is 281 g/mol. The van der Waals surface area contributed by atoms with Gasteiger partial charge in [0.05, 0.1) is 17.5 Å². The van der Waals surface area contributed by atoms with Crippen LogP contribution in [0.25, 0.3) is 11.0 Å². The number of hydrogen-bond donors (Lipinski definition) is 2. The minimum absolute atomic E-state index is 0.00145. The largest absolute Gasteiger partial charge is 0.323 e. The second-order valence-electron chi connectivity index (χ2n) is 4.92. The normalized spacial score (nSPS) is 10.7. The third-order valence-electron chi connectivity index (χ3n) is 3.45. The molecule has 5 nitrogen and oxygen atoms in total. The van der Waals surface area contributed by atoms with Crippen molar-refractivity contribution in [1.82, 2.24) is 9.97 Å². The first kappa shape index (κ1) is 13.2. The Hall–Kier alpha value is -2.82. The highest BCUT2D eigenvalue weighted by molar-refractivity contribution is 5.94. The number of anilines is 1. The number of carbonyl (C=O) groups excluding carboxylic acids is 1. The number of amides is 1. The van der Waals surface area contributed by atoms with E-state index in [0.29, 0.717) is 5.52 Å². The molecule has 0 saturated heterocycles. The molecule has 0 bridgehead atoms. The van der Waals surface area contributed by atoms with Gasteiger partial charge in [-0.3, -0.25) is 4.79 Å². The van der Waals surface area contributed by atoms with Crippen LogP contribution in [0.3, 0.4) is 0 Å². The van der Waals surface area contributed by atoms with Crippen molar-refractivity contribution >= 4 is 22.6 Å². The molecule has 0 atom stereocenters. The zero-order valence-electron chi connectivity index (χ0n) is 11.6. The van der Waals surface area contributed by atoms with Crippen LogP contribution in [0.4, 0.5) is 5.69 Å². The van der Waals surface area contributed by atoms with Gasteiger partial charge in [0.15, 0.2) is 0 Å². The second-order valence-corrected chi connectivity index (χ2v) is 4.92. The summed E-state index contributed by atoms with van der Waals surface area (Å²) in [6, 6.07) is 15.0. The Morgan fingerprint density at radius 1 is 1.05 bits per heavy atom. The quantitative estimate of drug-likeness (QED) is 0.771. The van der Waals surface area contributed by atoms with Crippen LogP contribution in [-0.4, -0.2) is 22.9 Å². The molecule has 0 aliphatic rings. The standard InChI is InChI=1S/C16H15N3O2/c1-19(12-5-3-2-4-6-12)15(20)10-11-7-8-13-14(9-11)18-16(21)17-13/h2-9H,10H2,1H3,(H2,17,18,21). The summed E-state index contributed by atoms with van der Waals surface area (Å²) >= 11 is 0. The summed E-state index contributed by atoms with van der Waals surface area (Å²) in [7, 11) is 1.76. The highest BCUT2D eigenvalue weighted by atomic mass is 16.2. The molecule has 2 aromatic carbocycles. The van der Waals surface area contributed by atoms with Gasteiger partial charge in [-0.1, -0.05) is 24.3 Å². The van der Waals surface area contributed by atoms with E-state index in [0.717, 1.165) is 16.8 Å². The smallest absolute Gasteiger partial charge is 0.315 e. The van der Waals surface area contributed by atoms with E-state index in [4.69, 9.17) is 0 Å². The predicted octanol–water partition coefficient (Wildman–Crippen LogP) is 2.06. The number of hydrogen-bond acceptors (Lipinski definition) is 2. The third-order valence-corrected chi connectivity index (χ3v) is 3.45. The van der Waals surface area contributed by atoms with E-state index in [1.54, 1.807) is 18.0 Å². The molecule has 0 spiro atoms. The summed E-state index contributed by atoms with van der Waals surface area (Å²) in [6.07, 6.45) is 0.286. The average Bonchev–Trinajstić information content (AvgIpc) is 2.86. The molecule has 0 aliphatic carbocycles. The van der Waals surface area contributed by atoms with Crippen LogP contribution < -0.4 is 10.6 Å². The summed E-state index contributed by atoms with van der Waals surface area (Å²) < 4.78 is 0. The molecule has 5 heteroatoms. The van der Waals surface area contributed by atoms with Gasteiger partial charge in [0.25, 0.3) is 0 Å². The first-order valence-corrected chi connectivity index (χ1v) is 6.66. The maximum absolute atomic E-state index is 12.3. The number of imidazole rings is 1. The molecular weight excluding hydrogens is 266 g/mol. The lowest BCUT2D eigenvalue weighted by atomic mass is 10.1. The molecule has 1 aromatic heterocycles. The Labute approximate surface area is 121 Å². The maximum Gasteiger partial charge on any atom is 0.323 e. The SMILES string of the molecule is CN(C(=O)Cc1ccc2[nH]c(=O)[nH]c2c1)c1ccccc1. The lowest BCUT2D eigenvalue weighted by Gasteiger charge is -2.17. The number of rotatable bonds is 3. The number of para-hydroxylation sites is 1. The van der Waals surface area contributed by atoms with Crippen molar-refractivity contribution < 1.29 is 4.79 Å². The van der Waals surface area contributed by atoms with Crippen molar-refractivity contribution in [2.45, 2.75) is 6.42 Å². The van der Waals surface area contributed by atoms with Crippen LogP contribution >= 0.6 is 0 Å².